The van der Waals surface area contributed by atoms with Crippen molar-refractivity contribution >= 4 is 11.9 Å². The molecule has 2 aromatic heterocycles. The molecule has 5 N–H and O–H groups in total. The second kappa shape index (κ2) is 4.36. The fourth-order valence-electron chi connectivity index (χ4n) is 1.72. The summed E-state index contributed by atoms with van der Waals surface area (Å²) < 4.78 is 0. The molecular formula is C10H15N7. The summed E-state index contributed by atoms with van der Waals surface area (Å²) in [5.74, 6) is 1.67. The zero-order valence-corrected chi connectivity index (χ0v) is 9.81. The van der Waals surface area contributed by atoms with Gasteiger partial charge in [-0.05, 0) is 13.3 Å². The Morgan fingerprint density at radius 3 is 2.29 bits per heavy atom. The largest absolute Gasteiger partial charge is 0.368 e. The van der Waals surface area contributed by atoms with Crippen LogP contribution in [0.5, 0.6) is 0 Å². The lowest BCUT2D eigenvalue weighted by Crippen LogP contribution is -2.11. The van der Waals surface area contributed by atoms with Crippen molar-refractivity contribution in [2.75, 3.05) is 11.5 Å². The van der Waals surface area contributed by atoms with Crippen molar-refractivity contribution in [3.8, 4) is 0 Å². The number of imidazole rings is 1. The molecule has 7 nitrogen and oxygen atoms in total. The standard InChI is InChI=1S/C10H15N7/c1-3-6(7-4-13-5(2)14-7)8-15-9(11)17-10(12)16-8/h4,6H,3H2,1-2H3,(H,13,14)(H4,11,12,15,16,17). The van der Waals surface area contributed by atoms with E-state index in [0.29, 0.717) is 5.82 Å². The van der Waals surface area contributed by atoms with E-state index in [1.165, 1.54) is 0 Å². The van der Waals surface area contributed by atoms with E-state index in [2.05, 4.69) is 24.9 Å². The van der Waals surface area contributed by atoms with Gasteiger partial charge in [-0.2, -0.15) is 15.0 Å². The van der Waals surface area contributed by atoms with Crippen molar-refractivity contribution in [3.63, 3.8) is 0 Å². The minimum Gasteiger partial charge on any atom is -0.368 e. The summed E-state index contributed by atoms with van der Waals surface area (Å²) >= 11 is 0. The maximum absolute atomic E-state index is 5.56. The van der Waals surface area contributed by atoms with E-state index >= 15 is 0 Å². The molecular weight excluding hydrogens is 218 g/mol. The van der Waals surface area contributed by atoms with Crippen LogP contribution in [0.3, 0.4) is 0 Å². The number of nitrogens with two attached hydrogens (primary N) is 2. The van der Waals surface area contributed by atoms with E-state index in [4.69, 9.17) is 11.5 Å². The van der Waals surface area contributed by atoms with Crippen LogP contribution in [0.25, 0.3) is 0 Å². The van der Waals surface area contributed by atoms with Crippen LogP contribution in [0.1, 0.15) is 36.6 Å². The lowest BCUT2D eigenvalue weighted by Gasteiger charge is -2.11. The van der Waals surface area contributed by atoms with E-state index in [0.717, 1.165) is 17.9 Å². The number of rotatable bonds is 3. The number of anilines is 2. The molecule has 17 heavy (non-hydrogen) atoms. The topological polar surface area (TPSA) is 119 Å². The van der Waals surface area contributed by atoms with Crippen LogP contribution < -0.4 is 11.5 Å². The molecule has 2 rings (SSSR count). The number of hydrogen-bond acceptors (Lipinski definition) is 6. The van der Waals surface area contributed by atoms with Crippen LogP contribution in [-0.4, -0.2) is 24.9 Å². The molecule has 1 unspecified atom stereocenters. The van der Waals surface area contributed by atoms with Crippen LogP contribution in [0.15, 0.2) is 6.20 Å². The summed E-state index contributed by atoms with van der Waals surface area (Å²) in [5, 5.41) is 0. The predicted molar refractivity (Wildman–Crippen MR) is 64.1 cm³/mol. The number of H-pyrrole nitrogens is 1. The quantitative estimate of drug-likeness (QED) is 0.714. The summed E-state index contributed by atoms with van der Waals surface area (Å²) in [5.41, 5.74) is 12.0. The second-order valence-electron chi connectivity index (χ2n) is 3.78. The molecule has 2 aromatic rings. The Morgan fingerprint density at radius 2 is 1.82 bits per heavy atom. The molecule has 0 amide bonds. The van der Waals surface area contributed by atoms with Crippen LogP contribution in [0.2, 0.25) is 0 Å². The predicted octanol–water partition coefficient (Wildman–Crippen LogP) is 0.609. The van der Waals surface area contributed by atoms with E-state index in [1.54, 1.807) is 0 Å². The van der Waals surface area contributed by atoms with Gasteiger partial charge in [0, 0.05) is 6.20 Å². The van der Waals surface area contributed by atoms with Gasteiger partial charge in [-0.25, -0.2) is 4.98 Å². The fraction of sp³-hybridized carbons (Fsp3) is 0.400. The summed E-state index contributed by atoms with van der Waals surface area (Å²) in [7, 11) is 0. The molecule has 1 atom stereocenters. The Labute approximate surface area is 98.7 Å². The van der Waals surface area contributed by atoms with Gasteiger partial charge in [0.05, 0.1) is 11.6 Å². The molecule has 7 heteroatoms. The second-order valence-corrected chi connectivity index (χ2v) is 3.78. The average Bonchev–Trinajstić information content (AvgIpc) is 2.64. The maximum Gasteiger partial charge on any atom is 0.225 e. The number of nitrogen functional groups attached to an aromatic ring is 2. The molecule has 0 fully saturated rings. The van der Waals surface area contributed by atoms with Gasteiger partial charge in [-0.15, -0.1) is 0 Å². The van der Waals surface area contributed by atoms with Crippen molar-refractivity contribution in [3.05, 3.63) is 23.5 Å². The van der Waals surface area contributed by atoms with E-state index in [9.17, 15) is 0 Å². The van der Waals surface area contributed by atoms with Gasteiger partial charge in [0.25, 0.3) is 0 Å². The van der Waals surface area contributed by atoms with Gasteiger partial charge in [0.2, 0.25) is 11.9 Å². The third kappa shape index (κ3) is 2.32. The van der Waals surface area contributed by atoms with E-state index in [1.807, 2.05) is 20.0 Å². The lowest BCUT2D eigenvalue weighted by atomic mass is 10.0. The van der Waals surface area contributed by atoms with Gasteiger partial charge < -0.3 is 16.5 Å². The van der Waals surface area contributed by atoms with Crippen LogP contribution in [0.4, 0.5) is 11.9 Å². The highest BCUT2D eigenvalue weighted by Crippen LogP contribution is 2.24. The van der Waals surface area contributed by atoms with Crippen molar-refractivity contribution < 1.29 is 0 Å². The molecule has 0 aromatic carbocycles. The van der Waals surface area contributed by atoms with E-state index < -0.39 is 0 Å². The number of aromatic amines is 1. The van der Waals surface area contributed by atoms with Crippen molar-refractivity contribution in [1.29, 1.82) is 0 Å². The monoisotopic (exact) mass is 233 g/mol. The minimum atomic E-state index is -0.0208. The Balaban J connectivity index is 2.41. The molecule has 0 spiro atoms. The number of nitrogens with zero attached hydrogens (tertiary/aromatic N) is 4. The summed E-state index contributed by atoms with van der Waals surface area (Å²) in [6, 6.07) is 0. The first kappa shape index (κ1) is 11.3. The van der Waals surface area contributed by atoms with E-state index in [-0.39, 0.29) is 17.8 Å². The summed E-state index contributed by atoms with van der Waals surface area (Å²) in [6.07, 6.45) is 2.66. The molecule has 0 saturated carbocycles. The SMILES string of the molecule is CCC(c1c[nH]c(C)n1)c1nc(N)nc(N)n1. The van der Waals surface area contributed by atoms with Crippen LogP contribution in [0, 0.1) is 6.92 Å². The normalized spacial score (nSPS) is 12.6. The van der Waals surface area contributed by atoms with Crippen LogP contribution in [-0.2, 0) is 0 Å². The minimum absolute atomic E-state index is 0.0208. The number of hydrogen-bond donors (Lipinski definition) is 3. The highest BCUT2D eigenvalue weighted by Gasteiger charge is 2.19. The van der Waals surface area contributed by atoms with Gasteiger partial charge in [0.1, 0.15) is 11.6 Å². The van der Waals surface area contributed by atoms with Gasteiger partial charge >= 0.3 is 0 Å². The van der Waals surface area contributed by atoms with Crippen molar-refractivity contribution in [1.82, 2.24) is 24.9 Å². The number of nitrogens with one attached hydrogen (secondary N) is 1. The zero-order chi connectivity index (χ0) is 12.4. The maximum atomic E-state index is 5.56. The number of aryl methyl sites for hydroxylation is 1. The Kier molecular flexibility index (Phi) is 2.90. The third-order valence-corrected chi connectivity index (χ3v) is 2.49. The molecule has 0 aliphatic heterocycles. The Hall–Kier alpha value is -2.18. The lowest BCUT2D eigenvalue weighted by molar-refractivity contribution is 0.696. The highest BCUT2D eigenvalue weighted by atomic mass is 15.1. The fourth-order valence-corrected chi connectivity index (χ4v) is 1.72. The van der Waals surface area contributed by atoms with Crippen molar-refractivity contribution in [2.45, 2.75) is 26.2 Å². The smallest absolute Gasteiger partial charge is 0.225 e. The average molecular weight is 233 g/mol. The van der Waals surface area contributed by atoms with Gasteiger partial charge in [-0.3, -0.25) is 0 Å². The molecule has 0 aliphatic carbocycles. The zero-order valence-electron chi connectivity index (χ0n) is 9.81. The first-order chi connectivity index (χ1) is 8.10. The first-order valence-electron chi connectivity index (χ1n) is 5.39. The van der Waals surface area contributed by atoms with Crippen LogP contribution >= 0.6 is 0 Å². The first-order valence-corrected chi connectivity index (χ1v) is 5.39. The highest BCUT2D eigenvalue weighted by molar-refractivity contribution is 5.29. The summed E-state index contributed by atoms with van der Waals surface area (Å²) in [6.45, 7) is 3.93. The Bertz CT molecular complexity index is 499. The molecule has 0 saturated heterocycles. The molecule has 90 valence electrons. The molecule has 0 aliphatic rings. The van der Waals surface area contributed by atoms with Crippen molar-refractivity contribution in [2.24, 2.45) is 0 Å². The molecule has 0 radical (unpaired) electrons. The third-order valence-electron chi connectivity index (χ3n) is 2.49. The molecule has 2 heterocycles. The van der Waals surface area contributed by atoms with Gasteiger partial charge in [0.15, 0.2) is 0 Å². The summed E-state index contributed by atoms with van der Waals surface area (Å²) in [4.78, 5) is 19.4. The molecule has 0 bridgehead atoms. The Morgan fingerprint density at radius 1 is 1.18 bits per heavy atom. The number of aromatic nitrogens is 5. The van der Waals surface area contributed by atoms with Gasteiger partial charge in [-0.1, -0.05) is 6.92 Å².